The van der Waals surface area contributed by atoms with E-state index in [1.807, 2.05) is 12.1 Å². The maximum atomic E-state index is 12.3. The third-order valence-electron chi connectivity index (χ3n) is 3.61. The van der Waals surface area contributed by atoms with Crippen LogP contribution in [0.3, 0.4) is 0 Å². The number of nitrogens with one attached hydrogen (secondary N) is 1. The molecular formula is C18H18ClN5O2S. The average Bonchev–Trinajstić information content (AvgIpc) is 3.03. The number of carbonyl (C=O) groups is 1. The lowest BCUT2D eigenvalue weighted by Crippen LogP contribution is -2.29. The highest BCUT2D eigenvalue weighted by Gasteiger charge is 2.12. The number of nitrogens with zero attached hydrogens (tertiary/aromatic N) is 4. The Morgan fingerprint density at radius 1 is 1.22 bits per heavy atom. The number of benzene rings is 1. The predicted molar refractivity (Wildman–Crippen MR) is 106 cm³/mol. The van der Waals surface area contributed by atoms with Crippen molar-refractivity contribution >= 4 is 34.0 Å². The van der Waals surface area contributed by atoms with Crippen LogP contribution in [0, 0.1) is 5.92 Å². The summed E-state index contributed by atoms with van der Waals surface area (Å²) in [6.45, 7) is 3.95. The number of rotatable bonds is 6. The maximum Gasteiger partial charge on any atom is 0.267 e. The average molecular weight is 404 g/mol. The molecule has 7 nitrogen and oxygen atoms in total. The molecule has 27 heavy (non-hydrogen) atoms. The molecule has 140 valence electrons. The van der Waals surface area contributed by atoms with Gasteiger partial charge >= 0.3 is 0 Å². The summed E-state index contributed by atoms with van der Waals surface area (Å²) in [5.74, 6) is 0.0602. The van der Waals surface area contributed by atoms with Crippen LogP contribution in [0.1, 0.15) is 18.9 Å². The molecule has 0 radical (unpaired) electrons. The van der Waals surface area contributed by atoms with Crippen molar-refractivity contribution in [3.63, 3.8) is 0 Å². The van der Waals surface area contributed by atoms with Gasteiger partial charge in [0.1, 0.15) is 11.6 Å². The molecule has 0 spiro atoms. The summed E-state index contributed by atoms with van der Waals surface area (Å²) in [6.07, 6.45) is 0.800. The summed E-state index contributed by atoms with van der Waals surface area (Å²) in [6, 6.07) is 10.1. The van der Waals surface area contributed by atoms with Crippen LogP contribution < -0.4 is 10.9 Å². The summed E-state index contributed by atoms with van der Waals surface area (Å²) in [7, 11) is 0. The summed E-state index contributed by atoms with van der Waals surface area (Å²) in [4.78, 5) is 24.3. The van der Waals surface area contributed by atoms with E-state index < -0.39 is 5.91 Å². The Bertz CT molecular complexity index is 1010. The highest BCUT2D eigenvalue weighted by molar-refractivity contribution is 7.15. The van der Waals surface area contributed by atoms with E-state index in [1.165, 1.54) is 17.4 Å². The van der Waals surface area contributed by atoms with Gasteiger partial charge in [0.05, 0.1) is 10.7 Å². The minimum Gasteiger partial charge on any atom is -0.299 e. The van der Waals surface area contributed by atoms with Crippen molar-refractivity contribution in [2.45, 2.75) is 26.8 Å². The first kappa shape index (κ1) is 19.2. The van der Waals surface area contributed by atoms with Crippen LogP contribution in [0.2, 0.25) is 5.02 Å². The molecule has 1 amide bonds. The number of carbonyl (C=O) groups excluding carboxylic acids is 1. The minimum absolute atomic E-state index is 0.226. The highest BCUT2D eigenvalue weighted by atomic mass is 35.5. The van der Waals surface area contributed by atoms with Crippen molar-refractivity contribution in [2.24, 2.45) is 5.92 Å². The van der Waals surface area contributed by atoms with Crippen molar-refractivity contribution < 1.29 is 4.79 Å². The number of halogens is 1. The van der Waals surface area contributed by atoms with Crippen LogP contribution in [0.25, 0.3) is 11.3 Å². The van der Waals surface area contributed by atoms with Gasteiger partial charge in [0.15, 0.2) is 0 Å². The lowest BCUT2D eigenvalue weighted by Gasteiger charge is -2.08. The van der Waals surface area contributed by atoms with Gasteiger partial charge in [0, 0.05) is 18.1 Å². The molecule has 0 unspecified atom stereocenters. The quantitative estimate of drug-likeness (QED) is 0.682. The van der Waals surface area contributed by atoms with Gasteiger partial charge in [0.2, 0.25) is 11.0 Å². The first-order chi connectivity index (χ1) is 12.9. The Hall–Kier alpha value is -2.58. The van der Waals surface area contributed by atoms with Gasteiger partial charge in [-0.05, 0) is 18.1 Å². The molecule has 2 heterocycles. The zero-order valence-electron chi connectivity index (χ0n) is 14.8. The molecule has 2 aromatic heterocycles. The minimum atomic E-state index is -0.395. The highest BCUT2D eigenvalue weighted by Crippen LogP contribution is 2.24. The monoisotopic (exact) mass is 403 g/mol. The van der Waals surface area contributed by atoms with E-state index in [4.69, 9.17) is 11.6 Å². The van der Waals surface area contributed by atoms with Gasteiger partial charge in [-0.2, -0.15) is 5.10 Å². The molecule has 0 aliphatic heterocycles. The van der Waals surface area contributed by atoms with Gasteiger partial charge in [-0.1, -0.05) is 55.0 Å². The summed E-state index contributed by atoms with van der Waals surface area (Å²) >= 11 is 7.51. The summed E-state index contributed by atoms with van der Waals surface area (Å²) in [5, 5.41) is 16.7. The first-order valence-electron chi connectivity index (χ1n) is 8.37. The zero-order chi connectivity index (χ0) is 19.4. The van der Waals surface area contributed by atoms with Crippen molar-refractivity contribution in [1.82, 2.24) is 20.0 Å². The molecule has 0 fully saturated rings. The van der Waals surface area contributed by atoms with Crippen molar-refractivity contribution in [3.8, 4) is 11.3 Å². The molecule has 1 N–H and O–H groups in total. The molecule has 3 aromatic rings. The van der Waals surface area contributed by atoms with Gasteiger partial charge in [-0.25, -0.2) is 4.68 Å². The molecule has 3 rings (SSSR count). The number of anilines is 1. The van der Waals surface area contributed by atoms with E-state index in [-0.39, 0.29) is 12.1 Å². The molecule has 0 aliphatic carbocycles. The largest absolute Gasteiger partial charge is 0.299 e. The van der Waals surface area contributed by atoms with Crippen molar-refractivity contribution in [1.29, 1.82) is 0 Å². The normalized spacial score (nSPS) is 11.0. The number of hydrogen-bond donors (Lipinski definition) is 1. The fraction of sp³-hybridized carbons (Fsp3) is 0.278. The maximum absolute atomic E-state index is 12.3. The second-order valence-corrected chi connectivity index (χ2v) is 7.81. The second kappa shape index (κ2) is 8.41. The van der Waals surface area contributed by atoms with Crippen molar-refractivity contribution in [3.05, 3.63) is 56.8 Å². The zero-order valence-corrected chi connectivity index (χ0v) is 16.4. The van der Waals surface area contributed by atoms with Gasteiger partial charge in [0.25, 0.3) is 5.56 Å². The standard InChI is InChI=1S/C18H18ClN5O2S/c1-11(2)9-16-21-22-18(27-16)20-15(25)10-24-17(26)8-7-14(23-24)12-5-3-4-6-13(12)19/h3-8,11H,9-10H2,1-2H3,(H,20,22,25). The van der Waals surface area contributed by atoms with Crippen LogP contribution >= 0.6 is 22.9 Å². The second-order valence-electron chi connectivity index (χ2n) is 6.34. The number of amides is 1. The van der Waals surface area contributed by atoms with Crippen LogP contribution in [0.15, 0.2) is 41.2 Å². The van der Waals surface area contributed by atoms with E-state index in [1.54, 1.807) is 18.2 Å². The molecule has 0 aliphatic rings. The number of aromatic nitrogens is 4. The summed E-state index contributed by atoms with van der Waals surface area (Å²) in [5.41, 5.74) is 0.831. The van der Waals surface area contributed by atoms with E-state index in [0.717, 1.165) is 16.1 Å². The molecular weight excluding hydrogens is 386 g/mol. The van der Waals surface area contributed by atoms with E-state index in [2.05, 4.69) is 34.5 Å². The van der Waals surface area contributed by atoms with Crippen LogP contribution in [0.4, 0.5) is 5.13 Å². The molecule has 9 heteroatoms. The van der Waals surface area contributed by atoms with Gasteiger partial charge in [-0.15, -0.1) is 10.2 Å². The summed E-state index contributed by atoms with van der Waals surface area (Å²) < 4.78 is 1.10. The van der Waals surface area contributed by atoms with Crippen LogP contribution in [0.5, 0.6) is 0 Å². The van der Waals surface area contributed by atoms with Gasteiger partial charge < -0.3 is 0 Å². The molecule has 0 bridgehead atoms. The molecule has 0 saturated heterocycles. The Labute approximate surface area is 165 Å². The SMILES string of the molecule is CC(C)Cc1nnc(NC(=O)Cn2nc(-c3ccccc3Cl)ccc2=O)s1. The lowest BCUT2D eigenvalue weighted by atomic mass is 10.1. The number of hydrogen-bond acceptors (Lipinski definition) is 6. The Morgan fingerprint density at radius 2 is 2.00 bits per heavy atom. The Balaban J connectivity index is 1.74. The van der Waals surface area contributed by atoms with Crippen LogP contribution in [-0.4, -0.2) is 25.9 Å². The third-order valence-corrected chi connectivity index (χ3v) is 4.80. The van der Waals surface area contributed by atoms with E-state index in [0.29, 0.717) is 27.3 Å². The van der Waals surface area contributed by atoms with E-state index >= 15 is 0 Å². The first-order valence-corrected chi connectivity index (χ1v) is 9.57. The Kier molecular flexibility index (Phi) is 5.98. The fourth-order valence-electron chi connectivity index (χ4n) is 2.41. The van der Waals surface area contributed by atoms with Crippen LogP contribution in [-0.2, 0) is 17.8 Å². The van der Waals surface area contributed by atoms with Crippen molar-refractivity contribution in [2.75, 3.05) is 5.32 Å². The molecule has 1 aromatic carbocycles. The third kappa shape index (κ3) is 4.99. The molecule has 0 saturated carbocycles. The topological polar surface area (TPSA) is 89.8 Å². The van der Waals surface area contributed by atoms with E-state index in [9.17, 15) is 9.59 Å². The Morgan fingerprint density at radius 3 is 2.74 bits per heavy atom. The molecule has 0 atom stereocenters. The lowest BCUT2D eigenvalue weighted by molar-refractivity contribution is -0.117. The predicted octanol–water partition coefficient (Wildman–Crippen LogP) is 3.25. The fourth-order valence-corrected chi connectivity index (χ4v) is 3.61. The van der Waals surface area contributed by atoms with Gasteiger partial charge in [-0.3, -0.25) is 14.9 Å². The smallest absolute Gasteiger partial charge is 0.267 e.